The average Bonchev–Trinajstić information content (AvgIpc) is 2.88. The minimum Gasteiger partial charge on any atom is -0.244 e. The number of benzene rings is 3. The Bertz CT molecular complexity index is 1090. The first-order valence-corrected chi connectivity index (χ1v) is 8.38. The molecule has 1 aliphatic carbocycles. The van der Waals surface area contributed by atoms with Gasteiger partial charge < -0.3 is 0 Å². The van der Waals surface area contributed by atoms with E-state index in [1.54, 1.807) is 0 Å². The van der Waals surface area contributed by atoms with Gasteiger partial charge in [-0.25, -0.2) is 9.97 Å². The van der Waals surface area contributed by atoms with Gasteiger partial charge in [0.25, 0.3) is 0 Å². The van der Waals surface area contributed by atoms with Gasteiger partial charge >= 0.3 is 0 Å². The summed E-state index contributed by atoms with van der Waals surface area (Å²) in [5.41, 5.74) is 7.84. The summed E-state index contributed by atoms with van der Waals surface area (Å²) in [7, 11) is 0. The topological polar surface area (TPSA) is 25.8 Å². The quantitative estimate of drug-likeness (QED) is 0.365. The van der Waals surface area contributed by atoms with Gasteiger partial charge in [-0.1, -0.05) is 63.2 Å². The van der Waals surface area contributed by atoms with Crippen LogP contribution >= 0.6 is 0 Å². The Morgan fingerprint density at radius 2 is 1.29 bits per heavy atom. The van der Waals surface area contributed by atoms with E-state index in [0.717, 1.165) is 22.4 Å². The number of fused-ring (bicyclic) bond motifs is 4. The Hall–Kier alpha value is -2.74. The van der Waals surface area contributed by atoms with Crippen molar-refractivity contribution < 1.29 is 0 Å². The molecule has 24 heavy (non-hydrogen) atoms. The molecule has 1 heterocycles. The summed E-state index contributed by atoms with van der Waals surface area (Å²) in [6.45, 7) is 6.80. The van der Waals surface area contributed by atoms with Crippen LogP contribution in [0.1, 0.15) is 26.3 Å². The number of rotatable bonds is 0. The lowest BCUT2D eigenvalue weighted by molar-refractivity contribution is 0.596. The van der Waals surface area contributed by atoms with Crippen LogP contribution in [-0.2, 0) is 5.41 Å². The Balaban J connectivity index is 1.94. The molecule has 5 rings (SSSR count). The van der Waals surface area contributed by atoms with Crippen molar-refractivity contribution in [1.29, 1.82) is 0 Å². The number of para-hydroxylation sites is 2. The van der Waals surface area contributed by atoms with Crippen LogP contribution in [0.25, 0.3) is 44.3 Å². The van der Waals surface area contributed by atoms with Crippen molar-refractivity contribution in [1.82, 2.24) is 9.97 Å². The Kier molecular flexibility index (Phi) is 2.52. The number of hydrogen-bond acceptors (Lipinski definition) is 2. The number of nitrogens with zero attached hydrogens (tertiary/aromatic N) is 2. The third kappa shape index (κ3) is 1.71. The van der Waals surface area contributed by atoms with Crippen molar-refractivity contribution in [3.05, 3.63) is 60.2 Å². The standard InChI is InChI=1S/C22H18N2/c1-22(2,3)16-12-11-15-19-13(16)7-6-8-14(19)20-21(15)24-18-10-5-4-9-17(18)23-20/h4-12H,1-3H3. The highest BCUT2D eigenvalue weighted by atomic mass is 14.8. The SMILES string of the molecule is CC(C)(C)c1ccc2c3c(cccc13)-c1nc3ccccc3nc1-2. The van der Waals surface area contributed by atoms with Crippen LogP contribution in [0.2, 0.25) is 0 Å². The van der Waals surface area contributed by atoms with Crippen LogP contribution in [0, 0.1) is 0 Å². The molecule has 0 radical (unpaired) electrons. The highest BCUT2D eigenvalue weighted by Crippen LogP contribution is 2.47. The summed E-state index contributed by atoms with van der Waals surface area (Å²) in [6, 6.07) is 19.1. The summed E-state index contributed by atoms with van der Waals surface area (Å²) in [5, 5.41) is 2.62. The van der Waals surface area contributed by atoms with Gasteiger partial charge in [-0.15, -0.1) is 0 Å². The fraction of sp³-hybridized carbons (Fsp3) is 0.182. The van der Waals surface area contributed by atoms with E-state index in [-0.39, 0.29) is 5.41 Å². The van der Waals surface area contributed by atoms with Crippen molar-refractivity contribution >= 4 is 21.8 Å². The molecule has 1 aliphatic rings. The van der Waals surface area contributed by atoms with Gasteiger partial charge in [0, 0.05) is 16.5 Å². The lowest BCUT2D eigenvalue weighted by Crippen LogP contribution is -2.11. The zero-order chi connectivity index (χ0) is 16.5. The predicted octanol–water partition coefficient (Wildman–Crippen LogP) is 5.73. The summed E-state index contributed by atoms with van der Waals surface area (Å²) in [4.78, 5) is 9.85. The van der Waals surface area contributed by atoms with Crippen molar-refractivity contribution in [2.24, 2.45) is 0 Å². The van der Waals surface area contributed by atoms with Crippen molar-refractivity contribution in [2.75, 3.05) is 0 Å². The summed E-state index contributed by atoms with van der Waals surface area (Å²) < 4.78 is 0. The van der Waals surface area contributed by atoms with E-state index in [0.29, 0.717) is 0 Å². The summed E-state index contributed by atoms with van der Waals surface area (Å²) in [5.74, 6) is 0. The second kappa shape index (κ2) is 4.41. The van der Waals surface area contributed by atoms with Crippen LogP contribution in [0.15, 0.2) is 54.6 Å². The molecular formula is C22H18N2. The zero-order valence-electron chi connectivity index (χ0n) is 14.1. The van der Waals surface area contributed by atoms with E-state index in [2.05, 4.69) is 51.1 Å². The van der Waals surface area contributed by atoms with E-state index in [1.165, 1.54) is 27.5 Å². The highest BCUT2D eigenvalue weighted by Gasteiger charge is 2.27. The zero-order valence-corrected chi connectivity index (χ0v) is 14.1. The Morgan fingerprint density at radius 3 is 1.92 bits per heavy atom. The number of hydrogen-bond donors (Lipinski definition) is 0. The molecular weight excluding hydrogens is 292 g/mol. The van der Waals surface area contributed by atoms with E-state index in [4.69, 9.17) is 9.97 Å². The third-order valence-corrected chi connectivity index (χ3v) is 4.93. The maximum Gasteiger partial charge on any atom is 0.0979 e. The van der Waals surface area contributed by atoms with E-state index in [1.807, 2.05) is 24.3 Å². The highest BCUT2D eigenvalue weighted by molar-refractivity contribution is 6.15. The molecule has 0 aliphatic heterocycles. The monoisotopic (exact) mass is 310 g/mol. The van der Waals surface area contributed by atoms with Crippen molar-refractivity contribution in [3.8, 4) is 22.5 Å². The van der Waals surface area contributed by atoms with E-state index < -0.39 is 0 Å². The summed E-state index contributed by atoms with van der Waals surface area (Å²) >= 11 is 0. The first-order valence-electron chi connectivity index (χ1n) is 8.38. The van der Waals surface area contributed by atoms with Crippen molar-refractivity contribution in [2.45, 2.75) is 26.2 Å². The van der Waals surface area contributed by atoms with Gasteiger partial charge in [0.2, 0.25) is 0 Å². The molecule has 0 atom stereocenters. The average molecular weight is 310 g/mol. The molecule has 1 aromatic heterocycles. The smallest absolute Gasteiger partial charge is 0.0979 e. The summed E-state index contributed by atoms with van der Waals surface area (Å²) in [6.07, 6.45) is 0. The lowest BCUT2D eigenvalue weighted by Gasteiger charge is -2.22. The predicted molar refractivity (Wildman–Crippen MR) is 100 cm³/mol. The molecule has 0 spiro atoms. The first-order chi connectivity index (χ1) is 11.5. The fourth-order valence-corrected chi connectivity index (χ4v) is 3.83. The van der Waals surface area contributed by atoms with Gasteiger partial charge in [-0.2, -0.15) is 0 Å². The largest absolute Gasteiger partial charge is 0.244 e. The molecule has 3 aromatic carbocycles. The second-order valence-electron chi connectivity index (χ2n) is 7.55. The molecule has 0 fully saturated rings. The van der Waals surface area contributed by atoms with Crippen LogP contribution < -0.4 is 0 Å². The molecule has 2 heteroatoms. The van der Waals surface area contributed by atoms with Crippen LogP contribution in [-0.4, -0.2) is 9.97 Å². The van der Waals surface area contributed by atoms with Gasteiger partial charge in [-0.05, 0) is 28.5 Å². The van der Waals surface area contributed by atoms with Gasteiger partial charge in [0.05, 0.1) is 22.4 Å². The molecule has 116 valence electrons. The molecule has 0 unspecified atom stereocenters. The normalized spacial score (nSPS) is 12.8. The molecule has 4 aromatic rings. The van der Waals surface area contributed by atoms with Crippen LogP contribution in [0.5, 0.6) is 0 Å². The third-order valence-electron chi connectivity index (χ3n) is 4.93. The molecule has 0 saturated carbocycles. The minimum atomic E-state index is 0.109. The van der Waals surface area contributed by atoms with Gasteiger partial charge in [0.15, 0.2) is 0 Å². The lowest BCUT2D eigenvalue weighted by atomic mass is 9.82. The molecule has 0 N–H and O–H groups in total. The van der Waals surface area contributed by atoms with E-state index in [9.17, 15) is 0 Å². The Morgan fingerprint density at radius 1 is 0.667 bits per heavy atom. The van der Waals surface area contributed by atoms with E-state index >= 15 is 0 Å². The van der Waals surface area contributed by atoms with Crippen molar-refractivity contribution in [3.63, 3.8) is 0 Å². The maximum atomic E-state index is 4.92. The van der Waals surface area contributed by atoms with Gasteiger partial charge in [0.1, 0.15) is 0 Å². The minimum absolute atomic E-state index is 0.109. The molecule has 2 nitrogen and oxygen atoms in total. The number of aromatic nitrogens is 2. The van der Waals surface area contributed by atoms with Crippen LogP contribution in [0.3, 0.4) is 0 Å². The Labute approximate surface area is 141 Å². The van der Waals surface area contributed by atoms with Gasteiger partial charge in [-0.3, -0.25) is 0 Å². The maximum absolute atomic E-state index is 4.92. The fourth-order valence-electron chi connectivity index (χ4n) is 3.83. The first kappa shape index (κ1) is 13.7. The molecule has 0 amide bonds. The van der Waals surface area contributed by atoms with Crippen LogP contribution in [0.4, 0.5) is 0 Å². The molecule has 0 saturated heterocycles. The molecule has 0 bridgehead atoms. The second-order valence-corrected chi connectivity index (χ2v) is 7.55.